The molecule has 5 nitrogen and oxygen atoms in total. The summed E-state index contributed by atoms with van der Waals surface area (Å²) in [5.41, 5.74) is 8.12. The number of hydrogen-bond donors (Lipinski definition) is 2. The molecule has 6 heteroatoms. The number of anilines is 1. The van der Waals surface area contributed by atoms with E-state index in [1.165, 1.54) is 0 Å². The monoisotopic (exact) mass is 348 g/mol. The highest BCUT2D eigenvalue weighted by molar-refractivity contribution is 5.90. The van der Waals surface area contributed by atoms with Crippen molar-refractivity contribution < 1.29 is 4.79 Å². The maximum atomic E-state index is 11.9. The lowest BCUT2D eigenvalue weighted by atomic mass is 10.1. The van der Waals surface area contributed by atoms with E-state index < -0.39 is 0 Å². The van der Waals surface area contributed by atoms with E-state index in [1.54, 1.807) is 6.20 Å². The summed E-state index contributed by atoms with van der Waals surface area (Å²) in [6.45, 7) is 2.66. The predicted molar refractivity (Wildman–Crippen MR) is 100 cm³/mol. The maximum absolute atomic E-state index is 11.9. The summed E-state index contributed by atoms with van der Waals surface area (Å²) in [5.74, 6) is 0.750. The lowest BCUT2D eigenvalue weighted by Gasteiger charge is -2.06. The van der Waals surface area contributed by atoms with E-state index >= 15 is 0 Å². The molecule has 3 N–H and O–H groups in total. The van der Waals surface area contributed by atoms with Crippen LogP contribution in [0.1, 0.15) is 37.8 Å². The molecule has 2 aromatic rings. The van der Waals surface area contributed by atoms with Crippen molar-refractivity contribution in [3.05, 3.63) is 42.2 Å². The Kier molecular flexibility index (Phi) is 8.97. The first kappa shape index (κ1) is 20.1. The van der Waals surface area contributed by atoms with Gasteiger partial charge in [0, 0.05) is 29.6 Å². The van der Waals surface area contributed by atoms with Gasteiger partial charge in [0.25, 0.3) is 0 Å². The molecule has 1 heterocycles. The SMILES string of the molecule is Cc1ccnc(-c2ccc(NC(=O)CCCCCCN)cc2)n1.Cl. The van der Waals surface area contributed by atoms with Crippen molar-refractivity contribution in [3.63, 3.8) is 0 Å². The minimum atomic E-state index is 0. The van der Waals surface area contributed by atoms with Gasteiger partial charge in [0.15, 0.2) is 5.82 Å². The van der Waals surface area contributed by atoms with Crippen LogP contribution in [0, 0.1) is 6.92 Å². The van der Waals surface area contributed by atoms with E-state index in [0.717, 1.165) is 49.2 Å². The normalized spacial score (nSPS) is 10.1. The Morgan fingerprint density at radius 2 is 1.79 bits per heavy atom. The fourth-order valence-electron chi connectivity index (χ4n) is 2.30. The molecular formula is C18H25ClN4O. The van der Waals surface area contributed by atoms with Crippen LogP contribution in [0.4, 0.5) is 5.69 Å². The number of nitrogens with two attached hydrogens (primary N) is 1. The largest absolute Gasteiger partial charge is 0.330 e. The molecule has 0 spiro atoms. The minimum absolute atomic E-state index is 0. The number of amides is 1. The van der Waals surface area contributed by atoms with Crippen LogP contribution in [-0.2, 0) is 4.79 Å². The third kappa shape index (κ3) is 6.64. The quantitative estimate of drug-likeness (QED) is 0.712. The summed E-state index contributed by atoms with van der Waals surface area (Å²) in [4.78, 5) is 20.5. The number of unbranched alkanes of at least 4 members (excludes halogenated alkanes) is 3. The first-order valence-corrected chi connectivity index (χ1v) is 8.09. The fourth-order valence-corrected chi connectivity index (χ4v) is 2.30. The predicted octanol–water partition coefficient (Wildman–Crippen LogP) is 3.72. The van der Waals surface area contributed by atoms with Gasteiger partial charge >= 0.3 is 0 Å². The summed E-state index contributed by atoms with van der Waals surface area (Å²) < 4.78 is 0. The van der Waals surface area contributed by atoms with Gasteiger partial charge in [0.2, 0.25) is 5.91 Å². The van der Waals surface area contributed by atoms with Crippen LogP contribution in [0.15, 0.2) is 36.5 Å². The second kappa shape index (κ2) is 10.7. The van der Waals surface area contributed by atoms with Gasteiger partial charge in [0.1, 0.15) is 0 Å². The molecule has 1 aromatic carbocycles. The van der Waals surface area contributed by atoms with Crippen LogP contribution in [0.3, 0.4) is 0 Å². The standard InChI is InChI=1S/C18H24N4O.ClH/c1-14-11-13-20-18(21-14)15-7-9-16(10-8-15)22-17(23)6-4-2-3-5-12-19;/h7-11,13H,2-6,12,19H2,1H3,(H,22,23);1H. The summed E-state index contributed by atoms with van der Waals surface area (Å²) >= 11 is 0. The van der Waals surface area contributed by atoms with E-state index in [0.29, 0.717) is 12.2 Å². The zero-order valence-corrected chi connectivity index (χ0v) is 14.8. The van der Waals surface area contributed by atoms with Crippen molar-refractivity contribution in [1.29, 1.82) is 0 Å². The molecule has 0 saturated heterocycles. The first-order chi connectivity index (χ1) is 11.2. The number of aryl methyl sites for hydroxylation is 1. The highest BCUT2D eigenvalue weighted by atomic mass is 35.5. The number of carbonyl (C=O) groups is 1. The van der Waals surface area contributed by atoms with Gasteiger partial charge in [-0.05, 0) is 56.6 Å². The van der Waals surface area contributed by atoms with Gasteiger partial charge in [-0.3, -0.25) is 4.79 Å². The smallest absolute Gasteiger partial charge is 0.224 e. The molecule has 0 unspecified atom stereocenters. The molecule has 0 saturated carbocycles. The molecule has 1 amide bonds. The topological polar surface area (TPSA) is 80.9 Å². The Balaban J connectivity index is 0.00000288. The molecule has 0 fully saturated rings. The first-order valence-electron chi connectivity index (χ1n) is 8.09. The minimum Gasteiger partial charge on any atom is -0.330 e. The second-order valence-electron chi connectivity index (χ2n) is 5.60. The lowest BCUT2D eigenvalue weighted by molar-refractivity contribution is -0.116. The van der Waals surface area contributed by atoms with Gasteiger partial charge < -0.3 is 11.1 Å². The Morgan fingerprint density at radius 1 is 1.08 bits per heavy atom. The van der Waals surface area contributed by atoms with E-state index in [9.17, 15) is 4.79 Å². The number of halogens is 1. The summed E-state index contributed by atoms with van der Waals surface area (Å²) in [7, 11) is 0. The van der Waals surface area contributed by atoms with Crippen molar-refractivity contribution >= 4 is 24.0 Å². The highest BCUT2D eigenvalue weighted by Crippen LogP contribution is 2.18. The van der Waals surface area contributed by atoms with Crippen LogP contribution in [0.5, 0.6) is 0 Å². The zero-order chi connectivity index (χ0) is 16.5. The van der Waals surface area contributed by atoms with Gasteiger partial charge in [0.05, 0.1) is 0 Å². The van der Waals surface area contributed by atoms with Crippen molar-refractivity contribution in [2.75, 3.05) is 11.9 Å². The van der Waals surface area contributed by atoms with Crippen molar-refractivity contribution in [1.82, 2.24) is 9.97 Å². The molecule has 2 rings (SSSR count). The maximum Gasteiger partial charge on any atom is 0.224 e. The number of aromatic nitrogens is 2. The molecule has 0 aliphatic rings. The van der Waals surface area contributed by atoms with Crippen molar-refractivity contribution in [2.24, 2.45) is 5.73 Å². The van der Waals surface area contributed by atoms with E-state index in [1.807, 2.05) is 37.3 Å². The van der Waals surface area contributed by atoms with Crippen molar-refractivity contribution in [3.8, 4) is 11.4 Å². The molecule has 0 radical (unpaired) electrons. The molecule has 0 bridgehead atoms. The van der Waals surface area contributed by atoms with Crippen LogP contribution < -0.4 is 11.1 Å². The van der Waals surface area contributed by atoms with E-state index in [-0.39, 0.29) is 18.3 Å². The van der Waals surface area contributed by atoms with Crippen molar-refractivity contribution in [2.45, 2.75) is 39.0 Å². The molecule has 24 heavy (non-hydrogen) atoms. The van der Waals surface area contributed by atoms with Gasteiger partial charge in [-0.15, -0.1) is 12.4 Å². The average Bonchev–Trinajstić information content (AvgIpc) is 2.55. The van der Waals surface area contributed by atoms with Crippen LogP contribution in [0.2, 0.25) is 0 Å². The molecule has 1 aromatic heterocycles. The van der Waals surface area contributed by atoms with Crippen LogP contribution >= 0.6 is 12.4 Å². The summed E-state index contributed by atoms with van der Waals surface area (Å²) in [6, 6.07) is 9.48. The summed E-state index contributed by atoms with van der Waals surface area (Å²) in [5, 5.41) is 2.92. The number of hydrogen-bond acceptors (Lipinski definition) is 4. The molecular weight excluding hydrogens is 324 g/mol. The fraction of sp³-hybridized carbons (Fsp3) is 0.389. The highest BCUT2D eigenvalue weighted by Gasteiger charge is 2.04. The van der Waals surface area contributed by atoms with Gasteiger partial charge in [-0.2, -0.15) is 0 Å². The van der Waals surface area contributed by atoms with Crippen LogP contribution in [-0.4, -0.2) is 22.4 Å². The van der Waals surface area contributed by atoms with Crippen LogP contribution in [0.25, 0.3) is 11.4 Å². The third-order valence-corrected chi connectivity index (χ3v) is 3.58. The number of nitrogens with one attached hydrogen (secondary N) is 1. The van der Waals surface area contributed by atoms with E-state index in [4.69, 9.17) is 5.73 Å². The third-order valence-electron chi connectivity index (χ3n) is 3.58. The van der Waals surface area contributed by atoms with E-state index in [2.05, 4.69) is 15.3 Å². The van der Waals surface area contributed by atoms with Gasteiger partial charge in [-0.1, -0.05) is 12.8 Å². The number of rotatable bonds is 8. The lowest BCUT2D eigenvalue weighted by Crippen LogP contribution is -2.11. The Bertz CT molecular complexity index is 631. The molecule has 130 valence electrons. The molecule has 0 atom stereocenters. The Labute approximate surface area is 149 Å². The Hall–Kier alpha value is -1.98. The number of nitrogens with zero attached hydrogens (tertiary/aromatic N) is 2. The van der Waals surface area contributed by atoms with Gasteiger partial charge in [-0.25, -0.2) is 9.97 Å². The average molecular weight is 349 g/mol. The Morgan fingerprint density at radius 3 is 2.46 bits per heavy atom. The number of carbonyl (C=O) groups excluding carboxylic acids is 1. The molecule has 0 aliphatic heterocycles. The molecule has 0 aliphatic carbocycles. The number of benzene rings is 1. The summed E-state index contributed by atoms with van der Waals surface area (Å²) in [6.07, 6.45) is 6.37. The zero-order valence-electron chi connectivity index (χ0n) is 14.0. The second-order valence-corrected chi connectivity index (χ2v) is 5.60.